The SMILES string of the molecule is CNC(=O)c1ccc(/C=C/C(=O)Nc2nc3c(ccc4ccccc43)s2)cc1. The molecule has 0 bridgehead atoms. The number of amides is 2. The average molecular weight is 387 g/mol. The summed E-state index contributed by atoms with van der Waals surface area (Å²) >= 11 is 1.45. The van der Waals surface area contributed by atoms with E-state index in [9.17, 15) is 9.59 Å². The molecule has 0 saturated heterocycles. The third kappa shape index (κ3) is 3.63. The number of benzene rings is 3. The third-order valence-electron chi connectivity index (χ3n) is 4.34. The van der Waals surface area contributed by atoms with Crippen LogP contribution in [0.25, 0.3) is 27.1 Å². The highest BCUT2D eigenvalue weighted by Gasteiger charge is 2.09. The zero-order valence-electron chi connectivity index (χ0n) is 15.1. The fourth-order valence-electron chi connectivity index (χ4n) is 2.92. The maximum atomic E-state index is 12.3. The highest BCUT2D eigenvalue weighted by atomic mass is 32.1. The Bertz CT molecular complexity index is 1210. The van der Waals surface area contributed by atoms with E-state index in [2.05, 4.69) is 21.7 Å². The van der Waals surface area contributed by atoms with Gasteiger partial charge < -0.3 is 5.32 Å². The first-order valence-electron chi connectivity index (χ1n) is 8.73. The van der Waals surface area contributed by atoms with Gasteiger partial charge in [0.15, 0.2) is 5.13 Å². The van der Waals surface area contributed by atoms with Crippen molar-refractivity contribution in [2.45, 2.75) is 0 Å². The van der Waals surface area contributed by atoms with Gasteiger partial charge >= 0.3 is 0 Å². The number of rotatable bonds is 4. The monoisotopic (exact) mass is 387 g/mol. The topological polar surface area (TPSA) is 71.1 Å². The second kappa shape index (κ2) is 7.62. The van der Waals surface area contributed by atoms with Gasteiger partial charge in [0.25, 0.3) is 5.91 Å². The predicted molar refractivity (Wildman–Crippen MR) is 115 cm³/mol. The van der Waals surface area contributed by atoms with Crippen molar-refractivity contribution in [2.24, 2.45) is 0 Å². The molecular weight excluding hydrogens is 370 g/mol. The lowest BCUT2D eigenvalue weighted by Gasteiger charge is -2.00. The second-order valence-corrected chi connectivity index (χ2v) is 7.21. The summed E-state index contributed by atoms with van der Waals surface area (Å²) in [5.41, 5.74) is 2.30. The van der Waals surface area contributed by atoms with Crippen LogP contribution in [0.3, 0.4) is 0 Å². The zero-order valence-corrected chi connectivity index (χ0v) is 15.9. The number of anilines is 1. The standard InChI is InChI=1S/C22H17N3O2S/c1-23-21(27)16-9-6-14(7-10-16)8-13-19(26)24-22-25-20-17-5-3-2-4-15(17)11-12-18(20)28-22/h2-13H,1H3,(H,23,27)(H,24,25,26)/b13-8+. The molecule has 0 unspecified atom stereocenters. The molecule has 0 radical (unpaired) electrons. The predicted octanol–water partition coefficient (Wildman–Crippen LogP) is 4.46. The fraction of sp³-hybridized carbons (Fsp3) is 0.0455. The summed E-state index contributed by atoms with van der Waals surface area (Å²) in [6.45, 7) is 0. The smallest absolute Gasteiger partial charge is 0.251 e. The van der Waals surface area contributed by atoms with Crippen molar-refractivity contribution in [2.75, 3.05) is 12.4 Å². The van der Waals surface area contributed by atoms with E-state index in [1.165, 1.54) is 17.4 Å². The van der Waals surface area contributed by atoms with Crippen LogP contribution >= 0.6 is 11.3 Å². The van der Waals surface area contributed by atoms with Gasteiger partial charge in [0.05, 0.1) is 10.2 Å². The number of carbonyl (C=O) groups is 2. The number of nitrogens with one attached hydrogen (secondary N) is 2. The number of nitrogens with zero attached hydrogens (tertiary/aromatic N) is 1. The summed E-state index contributed by atoms with van der Waals surface area (Å²) in [7, 11) is 1.59. The maximum Gasteiger partial charge on any atom is 0.251 e. The fourth-order valence-corrected chi connectivity index (χ4v) is 3.81. The minimum atomic E-state index is -0.251. The van der Waals surface area contributed by atoms with E-state index < -0.39 is 0 Å². The Balaban J connectivity index is 1.49. The molecule has 0 saturated carbocycles. The molecule has 1 heterocycles. The van der Waals surface area contributed by atoms with Gasteiger partial charge in [0.1, 0.15) is 0 Å². The van der Waals surface area contributed by atoms with Crippen molar-refractivity contribution >= 4 is 55.3 Å². The van der Waals surface area contributed by atoms with E-state index >= 15 is 0 Å². The number of fused-ring (bicyclic) bond motifs is 3. The van der Waals surface area contributed by atoms with Gasteiger partial charge in [-0.05, 0) is 35.2 Å². The Morgan fingerprint density at radius 2 is 1.79 bits per heavy atom. The molecule has 2 amide bonds. The Kier molecular flexibility index (Phi) is 4.87. The lowest BCUT2D eigenvalue weighted by Crippen LogP contribution is -2.17. The summed E-state index contributed by atoms with van der Waals surface area (Å²) < 4.78 is 1.03. The maximum absolute atomic E-state index is 12.3. The average Bonchev–Trinajstić information content (AvgIpc) is 3.15. The molecule has 0 spiro atoms. The second-order valence-electron chi connectivity index (χ2n) is 6.18. The molecule has 4 rings (SSSR count). The summed E-state index contributed by atoms with van der Waals surface area (Å²) in [5.74, 6) is -0.393. The van der Waals surface area contributed by atoms with Gasteiger partial charge in [-0.15, -0.1) is 0 Å². The molecular formula is C22H17N3O2S. The van der Waals surface area contributed by atoms with Gasteiger partial charge in [0.2, 0.25) is 5.91 Å². The Morgan fingerprint density at radius 1 is 1.00 bits per heavy atom. The van der Waals surface area contributed by atoms with Gasteiger partial charge in [0, 0.05) is 24.1 Å². The molecule has 0 aliphatic heterocycles. The van der Waals surface area contributed by atoms with Crippen LogP contribution in [0.4, 0.5) is 5.13 Å². The first-order valence-corrected chi connectivity index (χ1v) is 9.55. The third-order valence-corrected chi connectivity index (χ3v) is 5.28. The van der Waals surface area contributed by atoms with Crippen LogP contribution in [0.1, 0.15) is 15.9 Å². The van der Waals surface area contributed by atoms with E-state index in [-0.39, 0.29) is 11.8 Å². The molecule has 0 aliphatic carbocycles. The van der Waals surface area contributed by atoms with Crippen LogP contribution < -0.4 is 10.6 Å². The highest BCUT2D eigenvalue weighted by Crippen LogP contribution is 2.31. The number of thiazole rings is 1. The van der Waals surface area contributed by atoms with Crippen LogP contribution in [0.5, 0.6) is 0 Å². The molecule has 138 valence electrons. The molecule has 6 heteroatoms. The van der Waals surface area contributed by atoms with Crippen molar-refractivity contribution in [1.82, 2.24) is 10.3 Å². The molecule has 28 heavy (non-hydrogen) atoms. The molecule has 0 fully saturated rings. The van der Waals surface area contributed by atoms with Gasteiger partial charge in [-0.1, -0.05) is 53.8 Å². The molecule has 5 nitrogen and oxygen atoms in total. The first-order chi connectivity index (χ1) is 13.6. The summed E-state index contributed by atoms with van der Waals surface area (Å²) in [4.78, 5) is 28.4. The van der Waals surface area contributed by atoms with Crippen molar-refractivity contribution in [3.05, 3.63) is 77.9 Å². The van der Waals surface area contributed by atoms with Crippen molar-refractivity contribution in [3.63, 3.8) is 0 Å². The molecule has 3 aromatic carbocycles. The van der Waals surface area contributed by atoms with Crippen LogP contribution in [0.2, 0.25) is 0 Å². The number of hydrogen-bond donors (Lipinski definition) is 2. The Morgan fingerprint density at radius 3 is 2.57 bits per heavy atom. The van der Waals surface area contributed by atoms with Crippen LogP contribution in [0, 0.1) is 0 Å². The lowest BCUT2D eigenvalue weighted by atomic mass is 10.1. The van der Waals surface area contributed by atoms with Crippen LogP contribution in [-0.2, 0) is 4.79 Å². The van der Waals surface area contributed by atoms with Crippen molar-refractivity contribution < 1.29 is 9.59 Å². The minimum absolute atomic E-state index is 0.142. The van der Waals surface area contributed by atoms with Gasteiger partial charge in [-0.25, -0.2) is 4.98 Å². The number of hydrogen-bond acceptors (Lipinski definition) is 4. The first kappa shape index (κ1) is 17.9. The summed E-state index contributed by atoms with van der Waals surface area (Å²) in [6.07, 6.45) is 3.16. The molecule has 2 N–H and O–H groups in total. The molecule has 1 aromatic heterocycles. The van der Waals surface area contributed by atoms with E-state index in [0.717, 1.165) is 26.6 Å². The number of aromatic nitrogens is 1. The van der Waals surface area contributed by atoms with Crippen molar-refractivity contribution in [1.29, 1.82) is 0 Å². The normalized spacial score (nSPS) is 11.2. The Labute approximate surface area is 165 Å². The van der Waals surface area contributed by atoms with E-state index in [0.29, 0.717) is 10.7 Å². The molecule has 4 aromatic rings. The number of carbonyl (C=O) groups excluding carboxylic acids is 2. The molecule has 0 atom stereocenters. The summed E-state index contributed by atoms with van der Waals surface area (Å²) in [5, 5.41) is 8.16. The Hall–Kier alpha value is -3.51. The molecule has 0 aliphatic rings. The van der Waals surface area contributed by atoms with Gasteiger partial charge in [-0.2, -0.15) is 0 Å². The largest absolute Gasteiger partial charge is 0.355 e. The summed E-state index contributed by atoms with van der Waals surface area (Å²) in [6, 6.07) is 19.2. The zero-order chi connectivity index (χ0) is 19.5. The van der Waals surface area contributed by atoms with Crippen LogP contribution in [0.15, 0.2) is 66.7 Å². The van der Waals surface area contributed by atoms with Gasteiger partial charge in [-0.3, -0.25) is 14.9 Å². The highest BCUT2D eigenvalue weighted by molar-refractivity contribution is 7.22. The van der Waals surface area contributed by atoms with E-state index in [4.69, 9.17) is 0 Å². The van der Waals surface area contributed by atoms with E-state index in [1.807, 2.05) is 30.3 Å². The van der Waals surface area contributed by atoms with Crippen molar-refractivity contribution in [3.8, 4) is 0 Å². The van der Waals surface area contributed by atoms with Crippen LogP contribution in [-0.4, -0.2) is 23.8 Å². The lowest BCUT2D eigenvalue weighted by molar-refractivity contribution is -0.111. The minimum Gasteiger partial charge on any atom is -0.355 e. The quantitative estimate of drug-likeness (QED) is 0.508. The van der Waals surface area contributed by atoms with E-state index in [1.54, 1.807) is 37.4 Å².